The van der Waals surface area contributed by atoms with Gasteiger partial charge in [0.2, 0.25) is 0 Å². The number of hydrogen-bond acceptors (Lipinski definition) is 2. The van der Waals surface area contributed by atoms with E-state index in [0.29, 0.717) is 0 Å². The van der Waals surface area contributed by atoms with E-state index < -0.39 is 0 Å². The molecule has 0 fully saturated rings. The van der Waals surface area contributed by atoms with E-state index in [-0.39, 0.29) is 0 Å². The first-order valence-corrected chi connectivity index (χ1v) is 6.94. The third-order valence-electron chi connectivity index (χ3n) is 2.34. The van der Waals surface area contributed by atoms with Crippen LogP contribution >= 0.6 is 38.9 Å². The largest absolute Gasteiger partial charge is 0.380 e. The molecule has 0 saturated carbocycles. The van der Waals surface area contributed by atoms with E-state index in [1.807, 2.05) is 18.2 Å². The lowest BCUT2D eigenvalue weighted by Crippen LogP contribution is -1.98. The molecule has 1 nitrogen and oxygen atoms in total. The third-order valence-corrected chi connectivity index (χ3v) is 4.58. The molecular formula is C12H11BrClNS. The number of thiophene rings is 1. The summed E-state index contributed by atoms with van der Waals surface area (Å²) in [5, 5.41) is 6.23. The molecule has 1 heterocycles. The Hall–Kier alpha value is -0.510. The highest BCUT2D eigenvalue weighted by Crippen LogP contribution is 2.26. The van der Waals surface area contributed by atoms with Crippen molar-refractivity contribution in [2.75, 3.05) is 5.32 Å². The molecule has 0 aliphatic heterocycles. The van der Waals surface area contributed by atoms with Crippen LogP contribution < -0.4 is 5.32 Å². The van der Waals surface area contributed by atoms with Crippen LogP contribution in [0.3, 0.4) is 0 Å². The Morgan fingerprint density at radius 2 is 2.19 bits per heavy atom. The number of rotatable bonds is 3. The average molecular weight is 317 g/mol. The summed E-state index contributed by atoms with van der Waals surface area (Å²) in [4.78, 5) is 1.37. The Balaban J connectivity index is 2.05. The second-order valence-corrected chi connectivity index (χ2v) is 5.77. The molecule has 0 radical (unpaired) electrons. The minimum absolute atomic E-state index is 0.734. The van der Waals surface area contributed by atoms with E-state index >= 15 is 0 Å². The van der Waals surface area contributed by atoms with E-state index in [0.717, 1.165) is 21.7 Å². The molecule has 16 heavy (non-hydrogen) atoms. The number of halogens is 2. The molecule has 0 aliphatic carbocycles. The highest BCUT2D eigenvalue weighted by Gasteiger charge is 2.01. The van der Waals surface area contributed by atoms with Gasteiger partial charge in [-0.25, -0.2) is 0 Å². The lowest BCUT2D eigenvalue weighted by atomic mass is 10.2. The Labute approximate surface area is 113 Å². The monoisotopic (exact) mass is 315 g/mol. The molecule has 1 N–H and O–H groups in total. The van der Waals surface area contributed by atoms with Gasteiger partial charge >= 0.3 is 0 Å². The number of nitrogens with one attached hydrogen (secondary N) is 1. The zero-order valence-electron chi connectivity index (χ0n) is 8.76. The lowest BCUT2D eigenvalue weighted by Gasteiger charge is -2.07. The fourth-order valence-electron chi connectivity index (χ4n) is 1.37. The molecule has 0 saturated heterocycles. The van der Waals surface area contributed by atoms with Crippen molar-refractivity contribution in [1.29, 1.82) is 0 Å². The fourth-order valence-corrected chi connectivity index (χ4v) is 2.72. The van der Waals surface area contributed by atoms with Crippen molar-refractivity contribution in [3.8, 4) is 0 Å². The standard InChI is InChI=1S/C12H11BrClNS/c1-8-4-5-16-12(8)7-15-9-2-3-11(14)10(13)6-9/h2-6,15H,7H2,1H3. The Bertz CT molecular complexity index is 496. The Morgan fingerprint density at radius 3 is 2.81 bits per heavy atom. The molecule has 1 aromatic heterocycles. The van der Waals surface area contributed by atoms with Crippen molar-refractivity contribution in [2.45, 2.75) is 13.5 Å². The summed E-state index contributed by atoms with van der Waals surface area (Å²) in [6.07, 6.45) is 0. The van der Waals surface area contributed by atoms with Gasteiger partial charge in [-0.3, -0.25) is 0 Å². The molecule has 84 valence electrons. The molecular weight excluding hydrogens is 306 g/mol. The minimum atomic E-state index is 0.734. The predicted molar refractivity (Wildman–Crippen MR) is 75.5 cm³/mol. The van der Waals surface area contributed by atoms with E-state index in [1.54, 1.807) is 11.3 Å². The molecule has 0 amide bonds. The number of hydrogen-bond donors (Lipinski definition) is 1. The van der Waals surface area contributed by atoms with Crippen molar-refractivity contribution < 1.29 is 0 Å². The van der Waals surface area contributed by atoms with Gasteiger partial charge in [0.25, 0.3) is 0 Å². The first-order valence-electron chi connectivity index (χ1n) is 4.88. The van der Waals surface area contributed by atoms with Crippen molar-refractivity contribution in [2.24, 2.45) is 0 Å². The first-order chi connectivity index (χ1) is 7.66. The van der Waals surface area contributed by atoms with E-state index in [9.17, 15) is 0 Å². The van der Waals surface area contributed by atoms with Gasteiger partial charge in [0, 0.05) is 21.6 Å². The predicted octanol–water partition coefficient (Wildman–Crippen LogP) is 5.08. The molecule has 1 aromatic carbocycles. The maximum atomic E-state index is 5.93. The van der Waals surface area contributed by atoms with Gasteiger partial charge in [0.05, 0.1) is 5.02 Å². The van der Waals surface area contributed by atoms with Gasteiger partial charge in [0.15, 0.2) is 0 Å². The van der Waals surface area contributed by atoms with Crippen molar-refractivity contribution in [1.82, 2.24) is 0 Å². The molecule has 0 aliphatic rings. The summed E-state index contributed by atoms with van der Waals surface area (Å²) in [7, 11) is 0. The van der Waals surface area contributed by atoms with Crippen LogP contribution in [0.4, 0.5) is 5.69 Å². The lowest BCUT2D eigenvalue weighted by molar-refractivity contribution is 1.17. The fraction of sp³-hybridized carbons (Fsp3) is 0.167. The second kappa shape index (κ2) is 5.21. The van der Waals surface area contributed by atoms with E-state index in [1.165, 1.54) is 10.4 Å². The highest BCUT2D eigenvalue weighted by atomic mass is 79.9. The molecule has 0 spiro atoms. The van der Waals surface area contributed by atoms with Gasteiger partial charge in [-0.1, -0.05) is 11.6 Å². The molecule has 2 aromatic rings. The molecule has 2 rings (SSSR count). The Kier molecular flexibility index (Phi) is 3.90. The van der Waals surface area contributed by atoms with Crippen LogP contribution in [-0.4, -0.2) is 0 Å². The van der Waals surface area contributed by atoms with Crippen LogP contribution in [0.25, 0.3) is 0 Å². The van der Waals surface area contributed by atoms with Crippen molar-refractivity contribution in [3.63, 3.8) is 0 Å². The quantitative estimate of drug-likeness (QED) is 0.832. The summed E-state index contributed by atoms with van der Waals surface area (Å²) in [5.41, 5.74) is 2.41. The van der Waals surface area contributed by atoms with Crippen LogP contribution in [0.1, 0.15) is 10.4 Å². The minimum Gasteiger partial charge on any atom is -0.380 e. The normalized spacial score (nSPS) is 10.4. The van der Waals surface area contributed by atoms with Gasteiger partial charge in [-0.15, -0.1) is 11.3 Å². The highest BCUT2D eigenvalue weighted by molar-refractivity contribution is 9.10. The third kappa shape index (κ3) is 2.78. The summed E-state index contributed by atoms with van der Waals surface area (Å²) < 4.78 is 0.919. The summed E-state index contributed by atoms with van der Waals surface area (Å²) in [6, 6.07) is 8.00. The first kappa shape index (κ1) is 12.0. The van der Waals surface area contributed by atoms with Crippen molar-refractivity contribution >= 4 is 44.6 Å². The summed E-state index contributed by atoms with van der Waals surface area (Å²) in [5.74, 6) is 0. The summed E-state index contributed by atoms with van der Waals surface area (Å²) >= 11 is 11.1. The SMILES string of the molecule is Cc1ccsc1CNc1ccc(Cl)c(Br)c1. The van der Waals surface area contributed by atoms with Crippen LogP contribution in [0.2, 0.25) is 5.02 Å². The van der Waals surface area contributed by atoms with E-state index in [2.05, 4.69) is 39.6 Å². The zero-order chi connectivity index (χ0) is 11.5. The van der Waals surface area contributed by atoms with Gasteiger partial charge in [-0.05, 0) is 58.1 Å². The molecule has 4 heteroatoms. The van der Waals surface area contributed by atoms with Crippen LogP contribution in [-0.2, 0) is 6.54 Å². The average Bonchev–Trinajstić information content (AvgIpc) is 2.66. The van der Waals surface area contributed by atoms with Crippen LogP contribution in [0.5, 0.6) is 0 Å². The van der Waals surface area contributed by atoms with Crippen LogP contribution in [0.15, 0.2) is 34.1 Å². The number of benzene rings is 1. The molecule has 0 atom stereocenters. The summed E-state index contributed by atoms with van der Waals surface area (Å²) in [6.45, 7) is 2.99. The van der Waals surface area contributed by atoms with Crippen molar-refractivity contribution in [3.05, 3.63) is 49.6 Å². The number of aryl methyl sites for hydroxylation is 1. The zero-order valence-corrected chi connectivity index (χ0v) is 11.9. The van der Waals surface area contributed by atoms with E-state index in [4.69, 9.17) is 11.6 Å². The Morgan fingerprint density at radius 1 is 1.38 bits per heavy atom. The van der Waals surface area contributed by atoms with Crippen LogP contribution in [0, 0.1) is 6.92 Å². The maximum absolute atomic E-state index is 5.93. The smallest absolute Gasteiger partial charge is 0.0549 e. The molecule has 0 bridgehead atoms. The van der Waals surface area contributed by atoms with Gasteiger partial charge in [0.1, 0.15) is 0 Å². The number of anilines is 1. The second-order valence-electron chi connectivity index (χ2n) is 3.51. The topological polar surface area (TPSA) is 12.0 Å². The maximum Gasteiger partial charge on any atom is 0.0549 e. The van der Waals surface area contributed by atoms with Gasteiger partial charge < -0.3 is 5.32 Å². The van der Waals surface area contributed by atoms with Gasteiger partial charge in [-0.2, -0.15) is 0 Å². The molecule has 0 unspecified atom stereocenters.